The van der Waals surface area contributed by atoms with Gasteiger partial charge in [0.05, 0.1) is 6.61 Å². The normalized spacial score (nSPS) is 11.1. The largest absolute Gasteiger partial charge is 0.427 e. The minimum atomic E-state index is -0.376. The molecule has 0 aliphatic heterocycles. The molecule has 0 heterocycles. The van der Waals surface area contributed by atoms with Gasteiger partial charge < -0.3 is 9.47 Å². The standard InChI is InChI=1S/C37H43FO4/c1-2-30-14-16-32(17-15-30)29-41-28-12-10-8-6-4-3-5-7-9-11-13-37(40)42-35-25-18-31(19-26-35)20-27-36(39)33-21-23-34(38)24-22-33/h2,14-27H,1,3-13,28-29H2. The Kier molecular flexibility index (Phi) is 15.0. The van der Waals surface area contributed by atoms with Crippen molar-refractivity contribution in [2.24, 2.45) is 0 Å². The van der Waals surface area contributed by atoms with Gasteiger partial charge in [-0.05, 0) is 72.0 Å². The number of ether oxygens (including phenoxy) is 2. The van der Waals surface area contributed by atoms with Gasteiger partial charge in [0.15, 0.2) is 5.78 Å². The second kappa shape index (κ2) is 19.3. The summed E-state index contributed by atoms with van der Waals surface area (Å²) in [5.41, 5.74) is 3.56. The number of unbranched alkanes of at least 4 members (excludes halogenated alkanes) is 9. The van der Waals surface area contributed by atoms with Crippen molar-refractivity contribution in [2.75, 3.05) is 6.61 Å². The zero-order valence-corrected chi connectivity index (χ0v) is 24.6. The summed E-state index contributed by atoms with van der Waals surface area (Å²) in [6, 6.07) is 20.8. The number of carbonyl (C=O) groups is 2. The van der Waals surface area contributed by atoms with Gasteiger partial charge >= 0.3 is 5.97 Å². The first-order valence-electron chi connectivity index (χ1n) is 15.1. The summed E-state index contributed by atoms with van der Waals surface area (Å²) >= 11 is 0. The van der Waals surface area contributed by atoms with E-state index in [1.807, 2.05) is 6.08 Å². The lowest BCUT2D eigenvalue weighted by molar-refractivity contribution is -0.134. The van der Waals surface area contributed by atoms with Crippen LogP contribution in [0.3, 0.4) is 0 Å². The summed E-state index contributed by atoms with van der Waals surface area (Å²) in [4.78, 5) is 24.3. The number of hydrogen-bond donors (Lipinski definition) is 0. The van der Waals surface area contributed by atoms with Crippen LogP contribution in [0.2, 0.25) is 0 Å². The number of rotatable bonds is 20. The summed E-state index contributed by atoms with van der Waals surface area (Å²) in [6.07, 6.45) is 17.0. The molecule has 0 N–H and O–H groups in total. The summed E-state index contributed by atoms with van der Waals surface area (Å²) in [6.45, 7) is 5.26. The molecule has 0 radical (unpaired) electrons. The highest BCUT2D eigenvalue weighted by Gasteiger charge is 2.06. The maximum atomic E-state index is 13.0. The Labute approximate surface area is 250 Å². The predicted molar refractivity (Wildman–Crippen MR) is 169 cm³/mol. The van der Waals surface area contributed by atoms with Crippen LogP contribution in [0.15, 0.2) is 85.5 Å². The summed E-state index contributed by atoms with van der Waals surface area (Å²) in [7, 11) is 0. The van der Waals surface area contributed by atoms with E-state index in [0.29, 0.717) is 24.3 Å². The van der Waals surface area contributed by atoms with Crippen molar-refractivity contribution in [1.29, 1.82) is 0 Å². The highest BCUT2D eigenvalue weighted by molar-refractivity contribution is 6.06. The van der Waals surface area contributed by atoms with Crippen LogP contribution in [0.25, 0.3) is 12.2 Å². The summed E-state index contributed by atoms with van der Waals surface area (Å²) in [5.74, 6) is -0.310. The van der Waals surface area contributed by atoms with Crippen LogP contribution in [0.1, 0.15) is 97.7 Å². The Balaban J connectivity index is 1.13. The van der Waals surface area contributed by atoms with Gasteiger partial charge in [-0.15, -0.1) is 0 Å². The van der Waals surface area contributed by atoms with E-state index >= 15 is 0 Å². The van der Waals surface area contributed by atoms with Crippen LogP contribution in [0.5, 0.6) is 5.75 Å². The highest BCUT2D eigenvalue weighted by Crippen LogP contribution is 2.16. The molecular weight excluding hydrogens is 527 g/mol. The molecule has 0 aromatic heterocycles. The maximum absolute atomic E-state index is 13.0. The van der Waals surface area contributed by atoms with E-state index < -0.39 is 0 Å². The van der Waals surface area contributed by atoms with E-state index in [1.165, 1.54) is 74.4 Å². The van der Waals surface area contributed by atoms with Gasteiger partial charge in [-0.3, -0.25) is 9.59 Å². The van der Waals surface area contributed by atoms with Crippen LogP contribution < -0.4 is 4.74 Å². The van der Waals surface area contributed by atoms with Crippen LogP contribution in [0, 0.1) is 5.82 Å². The molecular formula is C37H43FO4. The van der Waals surface area contributed by atoms with Crippen molar-refractivity contribution in [3.8, 4) is 5.75 Å². The molecule has 3 aromatic rings. The molecule has 42 heavy (non-hydrogen) atoms. The first-order chi connectivity index (χ1) is 20.5. The van der Waals surface area contributed by atoms with Crippen LogP contribution in [-0.4, -0.2) is 18.4 Å². The highest BCUT2D eigenvalue weighted by atomic mass is 19.1. The van der Waals surface area contributed by atoms with Crippen molar-refractivity contribution in [3.05, 3.63) is 114 Å². The number of hydrogen-bond acceptors (Lipinski definition) is 4. The van der Waals surface area contributed by atoms with E-state index in [0.717, 1.165) is 43.4 Å². The first-order valence-corrected chi connectivity index (χ1v) is 15.1. The third kappa shape index (κ3) is 13.2. The predicted octanol–water partition coefficient (Wildman–Crippen LogP) is 9.78. The quantitative estimate of drug-likeness (QED) is 0.0446. The molecule has 0 fully saturated rings. The molecule has 0 aliphatic rings. The van der Waals surface area contributed by atoms with Crippen LogP contribution in [-0.2, 0) is 16.1 Å². The van der Waals surface area contributed by atoms with Gasteiger partial charge in [0.25, 0.3) is 0 Å². The number of ketones is 1. The molecule has 0 saturated heterocycles. The molecule has 0 amide bonds. The fraction of sp³-hybridized carbons (Fsp3) is 0.351. The Morgan fingerprint density at radius 2 is 1.26 bits per heavy atom. The monoisotopic (exact) mass is 570 g/mol. The second-order valence-corrected chi connectivity index (χ2v) is 10.5. The number of allylic oxidation sites excluding steroid dienone is 1. The molecule has 0 atom stereocenters. The van der Waals surface area contributed by atoms with Crippen molar-refractivity contribution in [1.82, 2.24) is 0 Å². The minimum absolute atomic E-state index is 0.204. The van der Waals surface area contributed by atoms with Crippen molar-refractivity contribution >= 4 is 23.9 Å². The van der Waals surface area contributed by atoms with Gasteiger partial charge in [0.2, 0.25) is 0 Å². The molecule has 3 rings (SSSR count). The lowest BCUT2D eigenvalue weighted by Gasteiger charge is -2.06. The zero-order chi connectivity index (χ0) is 29.8. The van der Waals surface area contributed by atoms with Crippen LogP contribution in [0.4, 0.5) is 4.39 Å². The number of halogens is 1. The average molecular weight is 571 g/mol. The SMILES string of the molecule is C=Cc1ccc(COCCCCCCCCCCCCC(=O)Oc2ccc(C=CC(=O)c3ccc(F)cc3)cc2)cc1. The van der Waals surface area contributed by atoms with Crippen molar-refractivity contribution in [2.45, 2.75) is 77.2 Å². The number of esters is 1. The topological polar surface area (TPSA) is 52.6 Å². The third-order valence-electron chi connectivity index (χ3n) is 7.07. The van der Waals surface area contributed by atoms with Gasteiger partial charge in [-0.1, -0.05) is 106 Å². The van der Waals surface area contributed by atoms with Crippen molar-refractivity contribution < 1.29 is 23.5 Å². The molecule has 0 unspecified atom stereocenters. The van der Waals surface area contributed by atoms with E-state index in [1.54, 1.807) is 30.3 Å². The average Bonchev–Trinajstić information content (AvgIpc) is 3.01. The summed E-state index contributed by atoms with van der Waals surface area (Å²) < 4.78 is 24.2. The molecule has 0 saturated carbocycles. The van der Waals surface area contributed by atoms with Crippen LogP contribution >= 0.6 is 0 Å². The van der Waals surface area contributed by atoms with Gasteiger partial charge in [0.1, 0.15) is 11.6 Å². The summed E-state index contributed by atoms with van der Waals surface area (Å²) in [5, 5.41) is 0. The minimum Gasteiger partial charge on any atom is -0.427 e. The maximum Gasteiger partial charge on any atom is 0.311 e. The third-order valence-corrected chi connectivity index (χ3v) is 7.07. The Hall–Kier alpha value is -3.83. The van der Waals surface area contributed by atoms with E-state index in [-0.39, 0.29) is 17.6 Å². The second-order valence-electron chi connectivity index (χ2n) is 10.5. The van der Waals surface area contributed by atoms with E-state index in [9.17, 15) is 14.0 Å². The van der Waals surface area contributed by atoms with E-state index in [4.69, 9.17) is 9.47 Å². The Morgan fingerprint density at radius 1 is 0.690 bits per heavy atom. The first kappa shape index (κ1) is 32.7. The molecule has 0 bridgehead atoms. The molecule has 4 nitrogen and oxygen atoms in total. The zero-order valence-electron chi connectivity index (χ0n) is 24.6. The van der Waals surface area contributed by atoms with E-state index in [2.05, 4.69) is 30.8 Å². The Bertz CT molecular complexity index is 1240. The lowest BCUT2D eigenvalue weighted by atomic mass is 10.1. The lowest BCUT2D eigenvalue weighted by Crippen LogP contribution is -2.07. The number of carbonyl (C=O) groups excluding carboxylic acids is 2. The Morgan fingerprint density at radius 3 is 1.88 bits per heavy atom. The smallest absolute Gasteiger partial charge is 0.311 e. The molecule has 0 aliphatic carbocycles. The fourth-order valence-electron chi connectivity index (χ4n) is 4.54. The molecule has 3 aromatic carbocycles. The van der Waals surface area contributed by atoms with Gasteiger partial charge in [-0.2, -0.15) is 0 Å². The van der Waals surface area contributed by atoms with Gasteiger partial charge in [0, 0.05) is 18.6 Å². The molecule has 222 valence electrons. The van der Waals surface area contributed by atoms with Crippen molar-refractivity contribution in [3.63, 3.8) is 0 Å². The molecule has 0 spiro atoms. The van der Waals surface area contributed by atoms with Gasteiger partial charge in [-0.25, -0.2) is 4.39 Å². The number of benzene rings is 3. The molecule has 5 heteroatoms. The fourth-order valence-corrected chi connectivity index (χ4v) is 4.54.